The molecular weight excluding hydrogens is 354 g/mol. The number of hydrogen-bond donors (Lipinski definition) is 1. The Morgan fingerprint density at radius 2 is 1.73 bits per heavy atom. The maximum atomic E-state index is 13.0. The third-order valence-electron chi connectivity index (χ3n) is 4.42. The predicted octanol–water partition coefficient (Wildman–Crippen LogP) is 3.02. The minimum absolute atomic E-state index is 0.158. The van der Waals surface area contributed by atoms with Gasteiger partial charge in [-0.05, 0) is 30.3 Å². The SMILES string of the molecule is CN(C)c1ccc2c(=O)c3ccc(N(C)C)c(Cl)c3n(CC(=O)O)c2c1. The zero-order valence-corrected chi connectivity index (χ0v) is 15.8. The zero-order chi connectivity index (χ0) is 19.2. The number of aliphatic carboxylic acids is 1. The molecule has 136 valence electrons. The molecule has 1 N–H and O–H groups in total. The fraction of sp³-hybridized carbons (Fsp3) is 0.263. The van der Waals surface area contributed by atoms with Crippen molar-refractivity contribution in [1.29, 1.82) is 0 Å². The first-order valence-electron chi connectivity index (χ1n) is 8.07. The van der Waals surface area contributed by atoms with Gasteiger partial charge in [0, 0.05) is 44.7 Å². The highest BCUT2D eigenvalue weighted by Gasteiger charge is 2.18. The van der Waals surface area contributed by atoms with Crippen LogP contribution >= 0.6 is 11.6 Å². The number of pyridine rings is 1. The Bertz CT molecular complexity index is 1090. The van der Waals surface area contributed by atoms with E-state index < -0.39 is 5.97 Å². The van der Waals surface area contributed by atoms with Crippen LogP contribution in [0.15, 0.2) is 35.1 Å². The molecule has 1 heterocycles. The van der Waals surface area contributed by atoms with Gasteiger partial charge in [0.05, 0.1) is 21.7 Å². The lowest BCUT2D eigenvalue weighted by atomic mass is 10.1. The summed E-state index contributed by atoms with van der Waals surface area (Å²) in [6, 6.07) is 8.88. The summed E-state index contributed by atoms with van der Waals surface area (Å²) in [7, 11) is 7.47. The molecule has 0 aliphatic carbocycles. The quantitative estimate of drug-likeness (QED) is 0.712. The van der Waals surface area contributed by atoms with E-state index in [9.17, 15) is 14.7 Å². The van der Waals surface area contributed by atoms with Gasteiger partial charge in [0.15, 0.2) is 5.43 Å². The largest absolute Gasteiger partial charge is 0.480 e. The number of anilines is 2. The van der Waals surface area contributed by atoms with Gasteiger partial charge in [-0.25, -0.2) is 0 Å². The van der Waals surface area contributed by atoms with Crippen molar-refractivity contribution in [3.05, 3.63) is 45.6 Å². The van der Waals surface area contributed by atoms with Crippen LogP contribution in [0.1, 0.15) is 0 Å². The molecule has 26 heavy (non-hydrogen) atoms. The van der Waals surface area contributed by atoms with Crippen LogP contribution in [0, 0.1) is 0 Å². The van der Waals surface area contributed by atoms with Crippen LogP contribution in [0.3, 0.4) is 0 Å². The van der Waals surface area contributed by atoms with E-state index in [2.05, 4.69) is 0 Å². The number of rotatable bonds is 4. The third-order valence-corrected chi connectivity index (χ3v) is 4.79. The normalized spacial score (nSPS) is 11.1. The van der Waals surface area contributed by atoms with Crippen LogP contribution in [0.5, 0.6) is 0 Å². The highest BCUT2D eigenvalue weighted by atomic mass is 35.5. The molecule has 0 bridgehead atoms. The Kier molecular flexibility index (Phi) is 4.54. The van der Waals surface area contributed by atoms with Gasteiger partial charge in [0.1, 0.15) is 6.54 Å². The van der Waals surface area contributed by atoms with Gasteiger partial charge >= 0.3 is 5.97 Å². The second-order valence-corrected chi connectivity index (χ2v) is 6.97. The maximum absolute atomic E-state index is 13.0. The molecule has 0 radical (unpaired) electrons. The number of fused-ring (bicyclic) bond motifs is 2. The molecule has 0 saturated heterocycles. The van der Waals surface area contributed by atoms with Crippen molar-refractivity contribution in [2.45, 2.75) is 6.54 Å². The third kappa shape index (κ3) is 2.86. The van der Waals surface area contributed by atoms with E-state index >= 15 is 0 Å². The average Bonchev–Trinajstić information content (AvgIpc) is 2.57. The first-order valence-corrected chi connectivity index (χ1v) is 8.45. The number of carbonyl (C=O) groups is 1. The molecule has 0 fully saturated rings. The Morgan fingerprint density at radius 1 is 1.08 bits per heavy atom. The van der Waals surface area contributed by atoms with Crippen LogP contribution in [0.2, 0.25) is 5.02 Å². The number of nitrogens with zero attached hydrogens (tertiary/aromatic N) is 3. The van der Waals surface area contributed by atoms with Crippen molar-refractivity contribution in [3.8, 4) is 0 Å². The minimum Gasteiger partial charge on any atom is -0.480 e. The standard InChI is InChI=1S/C19H20ClN3O3/c1-21(2)11-5-6-12-15(9-11)23(10-16(24)25)18-13(19(12)26)7-8-14(17(18)20)22(3)4/h5-9H,10H2,1-4H3,(H,24,25). The number of carboxylic acids is 1. The second kappa shape index (κ2) is 6.53. The summed E-state index contributed by atoms with van der Waals surface area (Å²) < 4.78 is 1.61. The Hall–Kier alpha value is -2.73. The predicted molar refractivity (Wildman–Crippen MR) is 107 cm³/mol. The molecule has 0 aliphatic rings. The van der Waals surface area contributed by atoms with Gasteiger partial charge in [-0.1, -0.05) is 11.6 Å². The van der Waals surface area contributed by atoms with Gasteiger partial charge in [-0.2, -0.15) is 0 Å². The molecule has 0 spiro atoms. The monoisotopic (exact) mass is 373 g/mol. The summed E-state index contributed by atoms with van der Waals surface area (Å²) >= 11 is 6.60. The van der Waals surface area contributed by atoms with Crippen molar-refractivity contribution >= 4 is 50.8 Å². The van der Waals surface area contributed by atoms with E-state index in [0.717, 1.165) is 11.4 Å². The lowest BCUT2D eigenvalue weighted by Crippen LogP contribution is -2.18. The fourth-order valence-corrected chi connectivity index (χ4v) is 3.56. The molecule has 0 unspecified atom stereocenters. The molecular formula is C19H20ClN3O3. The molecule has 7 heteroatoms. The topological polar surface area (TPSA) is 65.8 Å². The van der Waals surface area contributed by atoms with Crippen LogP contribution in [-0.2, 0) is 11.3 Å². The summed E-state index contributed by atoms with van der Waals surface area (Å²) in [5.41, 5.74) is 2.42. The summed E-state index contributed by atoms with van der Waals surface area (Å²) in [5.74, 6) is -1.00. The van der Waals surface area contributed by atoms with Gasteiger partial charge < -0.3 is 19.5 Å². The van der Waals surface area contributed by atoms with E-state index in [1.807, 2.05) is 50.1 Å². The first kappa shape index (κ1) is 18.1. The van der Waals surface area contributed by atoms with E-state index in [1.54, 1.807) is 22.8 Å². The average molecular weight is 374 g/mol. The second-order valence-electron chi connectivity index (χ2n) is 6.59. The Labute approximate surface area is 155 Å². The van der Waals surface area contributed by atoms with Crippen molar-refractivity contribution in [2.75, 3.05) is 38.0 Å². The summed E-state index contributed by atoms with van der Waals surface area (Å²) in [5, 5.41) is 10.7. The molecule has 0 atom stereocenters. The van der Waals surface area contributed by atoms with E-state index in [-0.39, 0.29) is 12.0 Å². The van der Waals surface area contributed by atoms with Gasteiger partial charge in [0.25, 0.3) is 0 Å². The van der Waals surface area contributed by atoms with Gasteiger partial charge in [0.2, 0.25) is 0 Å². The molecule has 3 rings (SSSR count). The minimum atomic E-state index is -1.00. The number of hydrogen-bond acceptors (Lipinski definition) is 4. The summed E-state index contributed by atoms with van der Waals surface area (Å²) in [6.45, 7) is -0.291. The molecule has 3 aromatic rings. The van der Waals surface area contributed by atoms with Gasteiger partial charge in [-0.3, -0.25) is 9.59 Å². The van der Waals surface area contributed by atoms with Crippen molar-refractivity contribution in [3.63, 3.8) is 0 Å². The Morgan fingerprint density at radius 3 is 2.31 bits per heavy atom. The lowest BCUT2D eigenvalue weighted by Gasteiger charge is -2.21. The van der Waals surface area contributed by atoms with Crippen LogP contribution in [0.4, 0.5) is 11.4 Å². The molecule has 6 nitrogen and oxygen atoms in total. The highest BCUT2D eigenvalue weighted by Crippen LogP contribution is 2.34. The maximum Gasteiger partial charge on any atom is 0.323 e. The number of benzene rings is 2. The smallest absolute Gasteiger partial charge is 0.323 e. The van der Waals surface area contributed by atoms with Crippen LogP contribution in [0.25, 0.3) is 21.8 Å². The van der Waals surface area contributed by atoms with Crippen molar-refractivity contribution in [1.82, 2.24) is 4.57 Å². The molecule has 0 saturated carbocycles. The van der Waals surface area contributed by atoms with Crippen LogP contribution < -0.4 is 15.2 Å². The Balaban J connectivity index is 2.56. The van der Waals surface area contributed by atoms with E-state index in [1.165, 1.54) is 0 Å². The van der Waals surface area contributed by atoms with Gasteiger partial charge in [-0.15, -0.1) is 0 Å². The molecule has 0 aliphatic heterocycles. The number of carboxylic acid groups (broad SMARTS) is 1. The fourth-order valence-electron chi connectivity index (χ4n) is 3.12. The van der Waals surface area contributed by atoms with Crippen molar-refractivity contribution < 1.29 is 9.90 Å². The summed E-state index contributed by atoms with van der Waals surface area (Å²) in [6.07, 6.45) is 0. The highest BCUT2D eigenvalue weighted by molar-refractivity contribution is 6.38. The first-order chi connectivity index (χ1) is 12.2. The molecule has 2 aromatic carbocycles. The summed E-state index contributed by atoms with van der Waals surface area (Å²) in [4.78, 5) is 28.3. The lowest BCUT2D eigenvalue weighted by molar-refractivity contribution is -0.137. The molecule has 1 aromatic heterocycles. The zero-order valence-electron chi connectivity index (χ0n) is 15.1. The van der Waals surface area contributed by atoms with E-state index in [0.29, 0.717) is 26.8 Å². The van der Waals surface area contributed by atoms with Crippen molar-refractivity contribution in [2.24, 2.45) is 0 Å². The number of aromatic nitrogens is 1. The van der Waals surface area contributed by atoms with E-state index in [4.69, 9.17) is 11.6 Å². The molecule has 0 amide bonds. The number of halogens is 1. The van der Waals surface area contributed by atoms with Crippen LogP contribution in [-0.4, -0.2) is 43.8 Å².